The summed E-state index contributed by atoms with van der Waals surface area (Å²) in [6.07, 6.45) is -4.54. The van der Waals surface area contributed by atoms with E-state index in [4.69, 9.17) is 4.74 Å². The number of nitrogens with zero attached hydrogens (tertiary/aromatic N) is 4. The van der Waals surface area contributed by atoms with Gasteiger partial charge in [-0.05, 0) is 37.3 Å². The lowest BCUT2D eigenvalue weighted by molar-refractivity contribution is -0.137. The number of methoxy groups -OCH3 is 1. The molecule has 0 aliphatic heterocycles. The first-order valence-corrected chi connectivity index (χ1v) is 7.05. The first-order valence-electron chi connectivity index (χ1n) is 7.05. The molecular weight excluding hydrogens is 339 g/mol. The Labute approximate surface area is 139 Å². The number of carbonyl (C=O) groups is 1. The summed E-state index contributed by atoms with van der Waals surface area (Å²) in [6, 6.07) is 5.75. The second-order valence-electron chi connectivity index (χ2n) is 5.10. The summed E-state index contributed by atoms with van der Waals surface area (Å²) in [7, 11) is 1.29. The number of ether oxygens (including phenoxy) is 1. The molecule has 130 valence electrons. The van der Waals surface area contributed by atoms with E-state index in [1.54, 1.807) is 6.92 Å². The van der Waals surface area contributed by atoms with Gasteiger partial charge >= 0.3 is 6.18 Å². The molecule has 7 nitrogen and oxygen atoms in total. The fraction of sp³-hybridized carbons (Fsp3) is 0.200. The monoisotopic (exact) mass is 351 g/mol. The van der Waals surface area contributed by atoms with Crippen LogP contribution < -0.4 is 10.1 Å². The summed E-state index contributed by atoms with van der Waals surface area (Å²) in [5, 5.41) is 14.1. The quantitative estimate of drug-likeness (QED) is 0.785. The number of halogens is 3. The molecule has 2 aromatic heterocycles. The minimum atomic E-state index is -4.54. The van der Waals surface area contributed by atoms with Crippen molar-refractivity contribution in [2.45, 2.75) is 13.1 Å². The molecule has 0 atom stereocenters. The van der Waals surface area contributed by atoms with Crippen LogP contribution in [0.1, 0.15) is 21.9 Å². The van der Waals surface area contributed by atoms with Gasteiger partial charge < -0.3 is 10.1 Å². The van der Waals surface area contributed by atoms with Crippen LogP contribution in [0.25, 0.3) is 5.65 Å². The molecule has 1 N–H and O–H groups in total. The van der Waals surface area contributed by atoms with Gasteiger partial charge in [0.25, 0.3) is 5.91 Å². The maximum Gasteiger partial charge on any atom is 0.416 e. The number of rotatable bonds is 3. The number of anilines is 1. The third kappa shape index (κ3) is 3.23. The molecule has 1 amide bonds. The van der Waals surface area contributed by atoms with Crippen LogP contribution in [0, 0.1) is 6.92 Å². The molecule has 1 aromatic carbocycles. The number of aryl methyl sites for hydroxylation is 1. The largest absolute Gasteiger partial charge is 0.495 e. The van der Waals surface area contributed by atoms with Crippen LogP contribution in [-0.2, 0) is 6.18 Å². The van der Waals surface area contributed by atoms with Crippen LogP contribution >= 0.6 is 0 Å². The Kier molecular flexibility index (Phi) is 4.03. The topological polar surface area (TPSA) is 81.4 Å². The Bertz CT molecular complexity index is 952. The van der Waals surface area contributed by atoms with E-state index in [1.807, 2.05) is 0 Å². The Morgan fingerprint density at radius 3 is 2.64 bits per heavy atom. The number of alkyl halides is 3. The van der Waals surface area contributed by atoms with E-state index in [1.165, 1.54) is 23.8 Å². The number of hydrogen-bond donors (Lipinski definition) is 1. The van der Waals surface area contributed by atoms with Crippen LogP contribution in [0.4, 0.5) is 18.9 Å². The van der Waals surface area contributed by atoms with Crippen molar-refractivity contribution in [2.24, 2.45) is 0 Å². The van der Waals surface area contributed by atoms with Gasteiger partial charge in [0, 0.05) is 0 Å². The maximum absolute atomic E-state index is 12.9. The van der Waals surface area contributed by atoms with E-state index in [0.29, 0.717) is 11.5 Å². The van der Waals surface area contributed by atoms with Gasteiger partial charge in [-0.1, -0.05) is 0 Å². The minimum Gasteiger partial charge on any atom is -0.495 e. The Balaban J connectivity index is 1.94. The summed E-state index contributed by atoms with van der Waals surface area (Å²) in [5.74, 6) is -0.114. The van der Waals surface area contributed by atoms with E-state index in [0.717, 1.165) is 18.2 Å². The zero-order valence-corrected chi connectivity index (χ0v) is 13.1. The second kappa shape index (κ2) is 6.04. The highest BCUT2D eigenvalue weighted by atomic mass is 19.4. The number of benzene rings is 1. The van der Waals surface area contributed by atoms with Crippen LogP contribution in [0.5, 0.6) is 5.75 Å². The highest BCUT2D eigenvalue weighted by Crippen LogP contribution is 2.35. The Morgan fingerprint density at radius 2 is 1.96 bits per heavy atom. The highest BCUT2D eigenvalue weighted by molar-refractivity contribution is 6.03. The summed E-state index contributed by atoms with van der Waals surface area (Å²) in [5.41, 5.74) is -0.563. The Hall–Kier alpha value is -3.17. The van der Waals surface area contributed by atoms with E-state index >= 15 is 0 Å². The summed E-state index contributed by atoms with van der Waals surface area (Å²) >= 11 is 0. The average Bonchev–Trinajstić information content (AvgIpc) is 2.94. The predicted molar refractivity (Wildman–Crippen MR) is 81.5 cm³/mol. The number of fused-ring (bicyclic) bond motifs is 1. The Morgan fingerprint density at radius 1 is 1.20 bits per heavy atom. The van der Waals surface area contributed by atoms with Gasteiger partial charge in [0.05, 0.1) is 18.4 Å². The van der Waals surface area contributed by atoms with Crippen LogP contribution in [-0.4, -0.2) is 32.8 Å². The summed E-state index contributed by atoms with van der Waals surface area (Å²) in [4.78, 5) is 12.4. The summed E-state index contributed by atoms with van der Waals surface area (Å²) in [6.45, 7) is 1.66. The van der Waals surface area contributed by atoms with E-state index in [2.05, 4.69) is 20.6 Å². The zero-order chi connectivity index (χ0) is 18.2. The van der Waals surface area contributed by atoms with Crippen molar-refractivity contribution >= 4 is 17.2 Å². The lowest BCUT2D eigenvalue weighted by Gasteiger charge is -2.13. The molecule has 2 heterocycles. The molecule has 0 saturated carbocycles. The van der Waals surface area contributed by atoms with Crippen molar-refractivity contribution in [3.05, 3.63) is 47.4 Å². The average molecular weight is 351 g/mol. The van der Waals surface area contributed by atoms with Gasteiger partial charge in [-0.2, -0.15) is 22.8 Å². The van der Waals surface area contributed by atoms with Crippen molar-refractivity contribution in [3.8, 4) is 5.75 Å². The van der Waals surface area contributed by atoms with Gasteiger partial charge in [-0.25, -0.2) is 0 Å². The number of carbonyl (C=O) groups excluding carboxylic acids is 1. The highest BCUT2D eigenvalue weighted by Gasteiger charge is 2.31. The van der Waals surface area contributed by atoms with Crippen LogP contribution in [0.3, 0.4) is 0 Å². The number of aromatic nitrogens is 4. The molecule has 0 bridgehead atoms. The van der Waals surface area contributed by atoms with Gasteiger partial charge in [-0.3, -0.25) is 4.79 Å². The molecule has 25 heavy (non-hydrogen) atoms. The lowest BCUT2D eigenvalue weighted by Crippen LogP contribution is -2.17. The second-order valence-corrected chi connectivity index (χ2v) is 5.10. The molecule has 0 aliphatic rings. The molecule has 3 rings (SSSR count). The van der Waals surface area contributed by atoms with Crippen molar-refractivity contribution < 1.29 is 22.7 Å². The molecule has 10 heteroatoms. The standard InChI is InChI=1S/C15H12F3N5O2/c1-8-20-21-13-6-4-10(22-23(8)13)14(24)19-11-7-9(15(16,17)18)3-5-12(11)25-2/h3-7H,1-2H3,(H,19,24). The molecule has 0 aliphatic carbocycles. The third-order valence-corrected chi connectivity index (χ3v) is 3.43. The van der Waals surface area contributed by atoms with Crippen molar-refractivity contribution in [1.82, 2.24) is 19.8 Å². The lowest BCUT2D eigenvalue weighted by atomic mass is 10.1. The maximum atomic E-state index is 12.9. The normalized spacial score (nSPS) is 11.6. The molecule has 3 aromatic rings. The first kappa shape index (κ1) is 16.7. The van der Waals surface area contributed by atoms with E-state index < -0.39 is 17.6 Å². The van der Waals surface area contributed by atoms with Crippen LogP contribution in [0.15, 0.2) is 30.3 Å². The minimum absolute atomic E-state index is 0.00475. The van der Waals surface area contributed by atoms with Crippen molar-refractivity contribution in [3.63, 3.8) is 0 Å². The number of hydrogen-bond acceptors (Lipinski definition) is 5. The zero-order valence-electron chi connectivity index (χ0n) is 13.1. The van der Waals surface area contributed by atoms with Crippen molar-refractivity contribution in [1.29, 1.82) is 0 Å². The van der Waals surface area contributed by atoms with Crippen molar-refractivity contribution in [2.75, 3.05) is 12.4 Å². The smallest absolute Gasteiger partial charge is 0.416 e. The number of amides is 1. The molecule has 0 saturated heterocycles. The van der Waals surface area contributed by atoms with Gasteiger partial charge in [0.1, 0.15) is 11.4 Å². The number of nitrogens with one attached hydrogen (secondary N) is 1. The van der Waals surface area contributed by atoms with Gasteiger partial charge in [-0.15, -0.1) is 10.2 Å². The molecule has 0 radical (unpaired) electrons. The molecule has 0 unspecified atom stereocenters. The predicted octanol–water partition coefficient (Wildman–Crippen LogP) is 2.71. The fourth-order valence-electron chi connectivity index (χ4n) is 2.19. The van der Waals surface area contributed by atoms with Crippen LogP contribution in [0.2, 0.25) is 0 Å². The van der Waals surface area contributed by atoms with E-state index in [9.17, 15) is 18.0 Å². The SMILES string of the molecule is COc1ccc(C(F)(F)F)cc1NC(=O)c1ccc2nnc(C)n2n1. The van der Waals surface area contributed by atoms with Gasteiger partial charge in [0.15, 0.2) is 11.5 Å². The molecule has 0 fully saturated rings. The summed E-state index contributed by atoms with van der Waals surface area (Å²) < 4.78 is 45.0. The third-order valence-electron chi connectivity index (χ3n) is 3.43. The van der Waals surface area contributed by atoms with Gasteiger partial charge in [0.2, 0.25) is 0 Å². The molecule has 0 spiro atoms. The fourth-order valence-corrected chi connectivity index (χ4v) is 2.19. The van der Waals surface area contributed by atoms with E-state index in [-0.39, 0.29) is 17.1 Å². The molecular formula is C15H12F3N5O2. The first-order chi connectivity index (χ1) is 11.8.